The Morgan fingerprint density at radius 3 is 1.92 bits per heavy atom. The first kappa shape index (κ1) is 11.9. The second-order valence-corrected chi connectivity index (χ2v) is 4.84. The Balaban J connectivity index is 3.89. The second kappa shape index (κ2) is 4.24. The van der Waals surface area contributed by atoms with Gasteiger partial charge in [0.15, 0.2) is 0 Å². The van der Waals surface area contributed by atoms with Crippen LogP contribution in [0.2, 0.25) is 0 Å². The van der Waals surface area contributed by atoms with E-state index in [1.54, 1.807) is 0 Å². The predicted octanol–water partition coefficient (Wildman–Crippen LogP) is 1.91. The van der Waals surface area contributed by atoms with E-state index in [1.165, 1.54) is 0 Å². The van der Waals surface area contributed by atoms with E-state index < -0.39 is 5.60 Å². The van der Waals surface area contributed by atoms with Gasteiger partial charge in [0, 0.05) is 6.54 Å². The van der Waals surface area contributed by atoms with Gasteiger partial charge in [0.2, 0.25) is 0 Å². The fourth-order valence-corrected chi connectivity index (χ4v) is 1.03. The normalized spacial score (nSPS) is 17.5. The molecule has 1 atom stereocenters. The minimum absolute atomic E-state index is 0.290. The fourth-order valence-electron chi connectivity index (χ4n) is 1.03. The lowest BCUT2D eigenvalue weighted by atomic mass is 9.84. The average Bonchev–Trinajstić information content (AvgIpc) is 1.99. The van der Waals surface area contributed by atoms with E-state index in [9.17, 15) is 5.11 Å². The molecule has 0 aliphatic heterocycles. The van der Waals surface area contributed by atoms with Gasteiger partial charge in [-0.3, -0.25) is 0 Å². The average molecular weight is 173 g/mol. The smallest absolute Gasteiger partial charge is 0.0767 e. The van der Waals surface area contributed by atoms with Gasteiger partial charge in [0.25, 0.3) is 0 Å². The molecule has 0 fully saturated rings. The molecule has 0 saturated heterocycles. The Morgan fingerprint density at radius 1 is 1.17 bits per heavy atom. The van der Waals surface area contributed by atoms with Gasteiger partial charge < -0.3 is 10.8 Å². The van der Waals surface area contributed by atoms with Crippen molar-refractivity contribution in [1.82, 2.24) is 0 Å². The molecule has 0 spiro atoms. The molecule has 2 nitrogen and oxygen atoms in total. The van der Waals surface area contributed by atoms with E-state index >= 15 is 0 Å². The maximum atomic E-state index is 9.87. The van der Waals surface area contributed by atoms with Crippen molar-refractivity contribution in [2.24, 2.45) is 11.1 Å². The molecule has 0 aromatic heterocycles. The SMILES string of the molecule is CCC(O)(CN)CCC(C)(C)C. The van der Waals surface area contributed by atoms with Crippen molar-refractivity contribution in [2.45, 2.75) is 52.6 Å². The molecule has 0 aromatic rings. The van der Waals surface area contributed by atoms with Crippen LogP contribution >= 0.6 is 0 Å². The molecule has 3 N–H and O–H groups in total. The Bertz CT molecular complexity index is 122. The summed E-state index contributed by atoms with van der Waals surface area (Å²) in [6.07, 6.45) is 2.58. The van der Waals surface area contributed by atoms with Gasteiger partial charge in [0.1, 0.15) is 0 Å². The lowest BCUT2D eigenvalue weighted by Crippen LogP contribution is -2.37. The number of hydrogen-bond acceptors (Lipinski definition) is 2. The van der Waals surface area contributed by atoms with Gasteiger partial charge in [-0.25, -0.2) is 0 Å². The highest BCUT2D eigenvalue weighted by Crippen LogP contribution is 2.26. The molecule has 0 rings (SSSR count). The number of aliphatic hydroxyl groups is 1. The molecule has 12 heavy (non-hydrogen) atoms. The fraction of sp³-hybridized carbons (Fsp3) is 1.00. The molecule has 0 amide bonds. The van der Waals surface area contributed by atoms with E-state index in [0.29, 0.717) is 12.0 Å². The molecule has 0 radical (unpaired) electrons. The summed E-state index contributed by atoms with van der Waals surface area (Å²) < 4.78 is 0. The first-order chi connectivity index (χ1) is 5.33. The Hall–Kier alpha value is -0.0800. The zero-order valence-corrected chi connectivity index (χ0v) is 8.85. The summed E-state index contributed by atoms with van der Waals surface area (Å²) in [5.41, 5.74) is 5.16. The van der Waals surface area contributed by atoms with Gasteiger partial charge in [0.05, 0.1) is 5.60 Å². The molecule has 0 aromatic carbocycles. The van der Waals surface area contributed by atoms with Crippen molar-refractivity contribution in [3.05, 3.63) is 0 Å². The first-order valence-corrected chi connectivity index (χ1v) is 4.75. The summed E-state index contributed by atoms with van der Waals surface area (Å²) in [5.74, 6) is 0. The van der Waals surface area contributed by atoms with Crippen LogP contribution < -0.4 is 5.73 Å². The third kappa shape index (κ3) is 4.73. The van der Waals surface area contributed by atoms with Crippen LogP contribution in [0.1, 0.15) is 47.0 Å². The Kier molecular flexibility index (Phi) is 4.21. The van der Waals surface area contributed by atoms with Crippen molar-refractivity contribution in [3.63, 3.8) is 0 Å². The molecule has 0 aliphatic carbocycles. The summed E-state index contributed by atoms with van der Waals surface area (Å²) in [7, 11) is 0. The quantitative estimate of drug-likeness (QED) is 0.682. The van der Waals surface area contributed by atoms with Crippen LogP contribution in [0.25, 0.3) is 0 Å². The number of rotatable bonds is 4. The Morgan fingerprint density at radius 2 is 1.67 bits per heavy atom. The van der Waals surface area contributed by atoms with Crippen molar-refractivity contribution in [2.75, 3.05) is 6.54 Å². The van der Waals surface area contributed by atoms with E-state index in [2.05, 4.69) is 20.8 Å². The largest absolute Gasteiger partial charge is 0.389 e. The molecule has 74 valence electrons. The lowest BCUT2D eigenvalue weighted by Gasteiger charge is -2.28. The highest BCUT2D eigenvalue weighted by molar-refractivity contribution is 4.79. The zero-order chi connectivity index (χ0) is 9.83. The summed E-state index contributed by atoms with van der Waals surface area (Å²) in [6.45, 7) is 8.90. The van der Waals surface area contributed by atoms with E-state index in [4.69, 9.17) is 5.73 Å². The molecule has 2 heteroatoms. The molecule has 0 heterocycles. The minimum Gasteiger partial charge on any atom is -0.389 e. The van der Waals surface area contributed by atoms with Crippen LogP contribution in [-0.2, 0) is 0 Å². The van der Waals surface area contributed by atoms with Gasteiger partial charge in [-0.2, -0.15) is 0 Å². The zero-order valence-electron chi connectivity index (χ0n) is 8.85. The molecule has 0 saturated carbocycles. The molecule has 1 unspecified atom stereocenters. The summed E-state index contributed by atoms with van der Waals surface area (Å²) in [5, 5.41) is 9.87. The van der Waals surface area contributed by atoms with Crippen molar-refractivity contribution in [3.8, 4) is 0 Å². The number of nitrogens with two attached hydrogens (primary N) is 1. The third-order valence-corrected chi connectivity index (χ3v) is 2.38. The van der Waals surface area contributed by atoms with E-state index in [-0.39, 0.29) is 0 Å². The second-order valence-electron chi connectivity index (χ2n) is 4.84. The molecular formula is C10H23NO. The first-order valence-electron chi connectivity index (χ1n) is 4.75. The van der Waals surface area contributed by atoms with Crippen LogP contribution in [0.4, 0.5) is 0 Å². The van der Waals surface area contributed by atoms with Crippen LogP contribution in [-0.4, -0.2) is 17.3 Å². The highest BCUT2D eigenvalue weighted by Gasteiger charge is 2.24. The minimum atomic E-state index is -0.632. The number of hydrogen-bond donors (Lipinski definition) is 2. The highest BCUT2D eigenvalue weighted by atomic mass is 16.3. The summed E-state index contributed by atoms with van der Waals surface area (Å²) in [6, 6.07) is 0. The maximum Gasteiger partial charge on any atom is 0.0767 e. The van der Waals surface area contributed by atoms with E-state index in [0.717, 1.165) is 19.3 Å². The predicted molar refractivity (Wildman–Crippen MR) is 53.0 cm³/mol. The van der Waals surface area contributed by atoms with Gasteiger partial charge in [-0.1, -0.05) is 27.7 Å². The topological polar surface area (TPSA) is 46.2 Å². The van der Waals surface area contributed by atoms with Crippen LogP contribution in [0.3, 0.4) is 0 Å². The molecular weight excluding hydrogens is 150 g/mol. The molecule has 0 bridgehead atoms. The van der Waals surface area contributed by atoms with Crippen LogP contribution in [0.5, 0.6) is 0 Å². The van der Waals surface area contributed by atoms with Crippen molar-refractivity contribution in [1.29, 1.82) is 0 Å². The maximum absolute atomic E-state index is 9.87. The van der Waals surface area contributed by atoms with Crippen LogP contribution in [0, 0.1) is 5.41 Å². The van der Waals surface area contributed by atoms with Crippen molar-refractivity contribution >= 4 is 0 Å². The van der Waals surface area contributed by atoms with E-state index in [1.807, 2.05) is 6.92 Å². The van der Waals surface area contributed by atoms with Gasteiger partial charge in [-0.05, 0) is 24.7 Å². The van der Waals surface area contributed by atoms with Gasteiger partial charge >= 0.3 is 0 Å². The lowest BCUT2D eigenvalue weighted by molar-refractivity contribution is 0.0257. The van der Waals surface area contributed by atoms with Crippen LogP contribution in [0.15, 0.2) is 0 Å². The standard InChI is InChI=1S/C10H23NO/c1-5-10(12,8-11)7-6-9(2,3)4/h12H,5-8,11H2,1-4H3. The summed E-state index contributed by atoms with van der Waals surface area (Å²) in [4.78, 5) is 0. The van der Waals surface area contributed by atoms with Crippen molar-refractivity contribution < 1.29 is 5.11 Å². The van der Waals surface area contributed by atoms with Gasteiger partial charge in [-0.15, -0.1) is 0 Å². The monoisotopic (exact) mass is 173 g/mol. The third-order valence-electron chi connectivity index (χ3n) is 2.38. The summed E-state index contributed by atoms with van der Waals surface area (Å²) >= 11 is 0. The Labute approximate surface area is 76.2 Å². The molecule has 0 aliphatic rings.